The number of para-hydroxylation sites is 1. The van der Waals surface area contributed by atoms with Gasteiger partial charge in [-0.15, -0.1) is 0 Å². The van der Waals surface area contributed by atoms with E-state index in [-0.39, 0.29) is 6.61 Å². The summed E-state index contributed by atoms with van der Waals surface area (Å²) in [6, 6.07) is 13.4. The Morgan fingerprint density at radius 2 is 1.76 bits per heavy atom. The maximum atomic E-state index is 10.3. The summed E-state index contributed by atoms with van der Waals surface area (Å²) in [6.45, 7) is 6.80. The zero-order valence-electron chi connectivity index (χ0n) is 12.8. The minimum atomic E-state index is -0.714. The van der Waals surface area contributed by atoms with Crippen LogP contribution in [0.4, 0.5) is 0 Å². The van der Waals surface area contributed by atoms with Crippen molar-refractivity contribution in [1.29, 1.82) is 0 Å². The molecular weight excluding hydrogens is 264 g/mol. The lowest BCUT2D eigenvalue weighted by Crippen LogP contribution is -2.11. The average Bonchev–Trinajstić information content (AvgIpc) is 2.49. The van der Waals surface area contributed by atoms with Crippen LogP contribution >= 0.6 is 0 Å². The zero-order chi connectivity index (χ0) is 15.2. The summed E-state index contributed by atoms with van der Waals surface area (Å²) >= 11 is 0. The molecule has 0 spiro atoms. The van der Waals surface area contributed by atoms with Crippen LogP contribution in [-0.4, -0.2) is 18.3 Å². The fourth-order valence-corrected chi connectivity index (χ4v) is 2.11. The van der Waals surface area contributed by atoms with Gasteiger partial charge in [-0.2, -0.15) is 0 Å². The predicted molar refractivity (Wildman–Crippen MR) is 84.0 cm³/mol. The number of rotatable bonds is 6. The Bertz CT molecular complexity index is 593. The van der Waals surface area contributed by atoms with Crippen molar-refractivity contribution in [3.8, 4) is 11.5 Å². The van der Waals surface area contributed by atoms with Crippen LogP contribution in [0.25, 0.3) is 0 Å². The minimum Gasteiger partial charge on any atom is -0.493 e. The van der Waals surface area contributed by atoms with Gasteiger partial charge in [-0.1, -0.05) is 24.3 Å². The molecule has 21 heavy (non-hydrogen) atoms. The molecule has 0 aromatic heterocycles. The quantitative estimate of drug-likeness (QED) is 0.877. The molecule has 0 aliphatic rings. The van der Waals surface area contributed by atoms with Crippen molar-refractivity contribution < 1.29 is 14.6 Å². The van der Waals surface area contributed by atoms with Gasteiger partial charge in [0.05, 0.1) is 6.61 Å². The second-order valence-corrected chi connectivity index (χ2v) is 5.04. The van der Waals surface area contributed by atoms with Crippen molar-refractivity contribution in [3.05, 3.63) is 59.2 Å². The van der Waals surface area contributed by atoms with Gasteiger partial charge < -0.3 is 14.6 Å². The van der Waals surface area contributed by atoms with Crippen LogP contribution in [-0.2, 0) is 0 Å². The molecule has 3 nitrogen and oxygen atoms in total. The zero-order valence-corrected chi connectivity index (χ0v) is 12.8. The van der Waals surface area contributed by atoms with E-state index in [4.69, 9.17) is 9.47 Å². The van der Waals surface area contributed by atoms with E-state index < -0.39 is 6.10 Å². The van der Waals surface area contributed by atoms with Gasteiger partial charge in [0.1, 0.15) is 24.2 Å². The SMILES string of the molecule is CCOc1ccccc1C(O)COc1ccc(C)c(C)c1. The molecule has 2 rings (SSSR count). The predicted octanol–water partition coefficient (Wildman–Crippen LogP) is 3.81. The molecule has 0 saturated heterocycles. The summed E-state index contributed by atoms with van der Waals surface area (Å²) in [5, 5.41) is 10.3. The van der Waals surface area contributed by atoms with Crippen LogP contribution in [0.5, 0.6) is 11.5 Å². The molecule has 1 unspecified atom stereocenters. The van der Waals surface area contributed by atoms with Crippen molar-refractivity contribution >= 4 is 0 Å². The van der Waals surface area contributed by atoms with E-state index in [0.29, 0.717) is 12.4 Å². The summed E-state index contributed by atoms with van der Waals surface area (Å²) in [4.78, 5) is 0. The molecule has 0 saturated carbocycles. The minimum absolute atomic E-state index is 0.201. The van der Waals surface area contributed by atoms with Crippen molar-refractivity contribution in [2.24, 2.45) is 0 Å². The van der Waals surface area contributed by atoms with Crippen LogP contribution in [0.2, 0.25) is 0 Å². The summed E-state index contributed by atoms with van der Waals surface area (Å²) in [5.74, 6) is 1.47. The van der Waals surface area contributed by atoms with Crippen molar-refractivity contribution in [2.45, 2.75) is 26.9 Å². The lowest BCUT2D eigenvalue weighted by molar-refractivity contribution is 0.105. The van der Waals surface area contributed by atoms with E-state index in [2.05, 4.69) is 6.92 Å². The van der Waals surface area contributed by atoms with Crippen LogP contribution in [0.1, 0.15) is 29.7 Å². The Balaban J connectivity index is 2.04. The topological polar surface area (TPSA) is 38.7 Å². The fraction of sp³-hybridized carbons (Fsp3) is 0.333. The van der Waals surface area contributed by atoms with E-state index in [1.54, 1.807) is 0 Å². The Hall–Kier alpha value is -2.00. The molecular formula is C18H22O3. The first-order valence-corrected chi connectivity index (χ1v) is 7.21. The first kappa shape index (κ1) is 15.4. The highest BCUT2D eigenvalue weighted by Gasteiger charge is 2.14. The maximum absolute atomic E-state index is 10.3. The van der Waals surface area contributed by atoms with Crippen LogP contribution in [0, 0.1) is 13.8 Å². The van der Waals surface area contributed by atoms with E-state index in [1.165, 1.54) is 11.1 Å². The van der Waals surface area contributed by atoms with Gasteiger partial charge >= 0.3 is 0 Å². The first-order valence-electron chi connectivity index (χ1n) is 7.21. The van der Waals surface area contributed by atoms with Gasteiger partial charge in [0, 0.05) is 5.56 Å². The Morgan fingerprint density at radius 1 is 1.00 bits per heavy atom. The molecule has 2 aromatic carbocycles. The van der Waals surface area contributed by atoms with E-state index in [9.17, 15) is 5.11 Å². The van der Waals surface area contributed by atoms with Crippen LogP contribution < -0.4 is 9.47 Å². The van der Waals surface area contributed by atoms with Crippen molar-refractivity contribution in [2.75, 3.05) is 13.2 Å². The standard InChI is InChI=1S/C18H22O3/c1-4-20-18-8-6-5-7-16(18)17(19)12-21-15-10-9-13(2)14(3)11-15/h5-11,17,19H,4,12H2,1-3H3. The van der Waals surface area contributed by atoms with Crippen molar-refractivity contribution in [1.82, 2.24) is 0 Å². The summed E-state index contributed by atoms with van der Waals surface area (Å²) < 4.78 is 11.2. The Kier molecular flexibility index (Phi) is 5.23. The van der Waals surface area contributed by atoms with E-state index in [0.717, 1.165) is 11.3 Å². The molecule has 112 valence electrons. The molecule has 0 bridgehead atoms. The Morgan fingerprint density at radius 3 is 2.48 bits per heavy atom. The molecule has 3 heteroatoms. The number of hydrogen-bond acceptors (Lipinski definition) is 3. The second kappa shape index (κ2) is 7.14. The molecule has 0 fully saturated rings. The maximum Gasteiger partial charge on any atom is 0.125 e. The number of hydrogen-bond donors (Lipinski definition) is 1. The number of aryl methyl sites for hydroxylation is 2. The van der Waals surface area contributed by atoms with Gasteiger partial charge in [0.25, 0.3) is 0 Å². The third-order valence-electron chi connectivity index (χ3n) is 3.46. The highest BCUT2D eigenvalue weighted by Crippen LogP contribution is 2.26. The molecule has 0 aliphatic carbocycles. The smallest absolute Gasteiger partial charge is 0.125 e. The van der Waals surface area contributed by atoms with Crippen molar-refractivity contribution in [3.63, 3.8) is 0 Å². The van der Waals surface area contributed by atoms with Gasteiger partial charge in [-0.25, -0.2) is 0 Å². The number of aliphatic hydroxyl groups is 1. The molecule has 1 N–H and O–H groups in total. The lowest BCUT2D eigenvalue weighted by Gasteiger charge is -2.16. The molecule has 0 amide bonds. The third-order valence-corrected chi connectivity index (χ3v) is 3.46. The van der Waals surface area contributed by atoms with Gasteiger partial charge in [0.2, 0.25) is 0 Å². The monoisotopic (exact) mass is 286 g/mol. The summed E-state index contributed by atoms with van der Waals surface area (Å²) in [7, 11) is 0. The first-order chi connectivity index (χ1) is 10.1. The number of ether oxygens (including phenoxy) is 2. The second-order valence-electron chi connectivity index (χ2n) is 5.04. The molecule has 1 atom stereocenters. The largest absolute Gasteiger partial charge is 0.493 e. The van der Waals surface area contributed by atoms with Crippen LogP contribution in [0.3, 0.4) is 0 Å². The fourth-order valence-electron chi connectivity index (χ4n) is 2.11. The number of aliphatic hydroxyl groups excluding tert-OH is 1. The van der Waals surface area contributed by atoms with Gasteiger partial charge in [-0.05, 0) is 50.1 Å². The summed E-state index contributed by atoms with van der Waals surface area (Å²) in [5.41, 5.74) is 3.16. The molecule has 0 radical (unpaired) electrons. The van der Waals surface area contributed by atoms with E-state index in [1.807, 2.05) is 56.3 Å². The molecule has 2 aromatic rings. The van der Waals surface area contributed by atoms with Gasteiger partial charge in [-0.3, -0.25) is 0 Å². The highest BCUT2D eigenvalue weighted by atomic mass is 16.5. The molecule has 0 heterocycles. The molecule has 0 aliphatic heterocycles. The lowest BCUT2D eigenvalue weighted by atomic mass is 10.1. The highest BCUT2D eigenvalue weighted by molar-refractivity contribution is 5.36. The Labute approximate surface area is 126 Å². The summed E-state index contributed by atoms with van der Waals surface area (Å²) in [6.07, 6.45) is -0.714. The average molecular weight is 286 g/mol. The van der Waals surface area contributed by atoms with E-state index >= 15 is 0 Å². The van der Waals surface area contributed by atoms with Gasteiger partial charge in [0.15, 0.2) is 0 Å². The third kappa shape index (κ3) is 3.99. The normalized spacial score (nSPS) is 12.0. The van der Waals surface area contributed by atoms with Crippen LogP contribution in [0.15, 0.2) is 42.5 Å². The number of benzene rings is 2.